The molecule has 0 fully saturated rings. The number of hydrogen-bond acceptors (Lipinski definition) is 3. The van der Waals surface area contributed by atoms with Crippen molar-refractivity contribution in [3.63, 3.8) is 0 Å². The molecule has 0 aliphatic rings. The molecule has 1 amide bonds. The molecule has 4 N–H and O–H groups in total. The molecule has 0 aliphatic carbocycles. The maximum Gasteiger partial charge on any atom is 0.220 e. The Labute approximate surface area is 108 Å². The number of carbonyl (C=O) groups is 1. The van der Waals surface area contributed by atoms with E-state index in [0.717, 1.165) is 5.56 Å². The van der Waals surface area contributed by atoms with Gasteiger partial charge in [-0.2, -0.15) is 0 Å². The van der Waals surface area contributed by atoms with Gasteiger partial charge in [-0.15, -0.1) is 0 Å². The van der Waals surface area contributed by atoms with Gasteiger partial charge in [0.15, 0.2) is 0 Å². The van der Waals surface area contributed by atoms with Gasteiger partial charge in [0.05, 0.1) is 6.10 Å². The molecule has 18 heavy (non-hydrogen) atoms. The molecule has 1 unspecified atom stereocenters. The van der Waals surface area contributed by atoms with Crippen LogP contribution in [0.1, 0.15) is 25.8 Å². The van der Waals surface area contributed by atoms with Crippen molar-refractivity contribution < 1.29 is 9.90 Å². The molecule has 0 saturated heterocycles. The van der Waals surface area contributed by atoms with Crippen LogP contribution in [0.25, 0.3) is 0 Å². The molecule has 4 heteroatoms. The Hall–Kier alpha value is -1.55. The quantitative estimate of drug-likeness (QED) is 0.667. The van der Waals surface area contributed by atoms with Crippen LogP contribution in [0.4, 0.5) is 5.69 Å². The number of para-hydroxylation sites is 1. The zero-order valence-electron chi connectivity index (χ0n) is 11.0. The van der Waals surface area contributed by atoms with Crippen LogP contribution in [0, 0.1) is 5.92 Å². The van der Waals surface area contributed by atoms with Crippen molar-refractivity contribution in [1.29, 1.82) is 0 Å². The minimum absolute atomic E-state index is 0.0575. The number of aliphatic hydroxyl groups excluding tert-OH is 1. The van der Waals surface area contributed by atoms with Crippen molar-refractivity contribution in [3.8, 4) is 0 Å². The van der Waals surface area contributed by atoms with E-state index in [0.29, 0.717) is 25.1 Å². The molecule has 0 heterocycles. The van der Waals surface area contributed by atoms with E-state index in [1.807, 2.05) is 38.1 Å². The molecule has 1 atom stereocenters. The predicted octanol–water partition coefficient (Wildman–Crippen LogP) is 1.33. The van der Waals surface area contributed by atoms with E-state index in [-0.39, 0.29) is 11.8 Å². The first-order chi connectivity index (χ1) is 8.50. The fourth-order valence-electron chi connectivity index (χ4n) is 1.55. The SMILES string of the molecule is CC(C)C(O)CNC(=O)CCc1ccccc1N. The molecule has 0 aliphatic heterocycles. The maximum atomic E-state index is 11.6. The van der Waals surface area contributed by atoms with E-state index in [9.17, 15) is 9.90 Å². The monoisotopic (exact) mass is 250 g/mol. The van der Waals surface area contributed by atoms with E-state index in [2.05, 4.69) is 5.32 Å². The lowest BCUT2D eigenvalue weighted by molar-refractivity contribution is -0.121. The average molecular weight is 250 g/mol. The molecule has 100 valence electrons. The third-order valence-electron chi connectivity index (χ3n) is 2.95. The second-order valence-corrected chi connectivity index (χ2v) is 4.81. The second-order valence-electron chi connectivity index (χ2n) is 4.81. The summed E-state index contributed by atoms with van der Waals surface area (Å²) in [6, 6.07) is 7.53. The Balaban J connectivity index is 2.32. The Morgan fingerprint density at radius 2 is 2.06 bits per heavy atom. The Kier molecular flexibility index (Phi) is 5.65. The van der Waals surface area contributed by atoms with E-state index in [1.165, 1.54) is 0 Å². The van der Waals surface area contributed by atoms with Crippen molar-refractivity contribution in [2.75, 3.05) is 12.3 Å². The minimum atomic E-state index is -0.490. The smallest absolute Gasteiger partial charge is 0.220 e. The first-order valence-electron chi connectivity index (χ1n) is 6.29. The third kappa shape index (κ3) is 4.75. The van der Waals surface area contributed by atoms with Crippen LogP contribution < -0.4 is 11.1 Å². The Morgan fingerprint density at radius 3 is 2.67 bits per heavy atom. The van der Waals surface area contributed by atoms with Gasteiger partial charge < -0.3 is 16.2 Å². The van der Waals surface area contributed by atoms with Gasteiger partial charge >= 0.3 is 0 Å². The number of nitrogen functional groups attached to an aromatic ring is 1. The fourth-order valence-corrected chi connectivity index (χ4v) is 1.55. The zero-order valence-corrected chi connectivity index (χ0v) is 11.0. The standard InChI is InChI=1S/C14H22N2O2/c1-10(2)13(17)9-16-14(18)8-7-11-5-3-4-6-12(11)15/h3-6,10,13,17H,7-9,15H2,1-2H3,(H,16,18). The van der Waals surface area contributed by atoms with Crippen molar-refractivity contribution in [3.05, 3.63) is 29.8 Å². The van der Waals surface area contributed by atoms with Gasteiger partial charge in [0.2, 0.25) is 5.91 Å². The average Bonchev–Trinajstić information content (AvgIpc) is 2.34. The zero-order chi connectivity index (χ0) is 13.5. The number of aliphatic hydroxyl groups is 1. The number of aryl methyl sites for hydroxylation is 1. The van der Waals surface area contributed by atoms with Crippen molar-refractivity contribution in [2.45, 2.75) is 32.8 Å². The lowest BCUT2D eigenvalue weighted by Gasteiger charge is -2.15. The Morgan fingerprint density at radius 1 is 1.39 bits per heavy atom. The Bertz CT molecular complexity index is 391. The van der Waals surface area contributed by atoms with Crippen LogP contribution in [0.5, 0.6) is 0 Å². The third-order valence-corrected chi connectivity index (χ3v) is 2.95. The lowest BCUT2D eigenvalue weighted by Crippen LogP contribution is -2.34. The maximum absolute atomic E-state index is 11.6. The lowest BCUT2D eigenvalue weighted by atomic mass is 10.1. The topological polar surface area (TPSA) is 75.3 Å². The first-order valence-corrected chi connectivity index (χ1v) is 6.29. The summed E-state index contributed by atoms with van der Waals surface area (Å²) in [7, 11) is 0. The van der Waals surface area contributed by atoms with Gasteiger partial charge in [0.1, 0.15) is 0 Å². The highest BCUT2D eigenvalue weighted by Crippen LogP contribution is 2.12. The van der Waals surface area contributed by atoms with Gasteiger partial charge in [-0.25, -0.2) is 0 Å². The highest BCUT2D eigenvalue weighted by Gasteiger charge is 2.10. The summed E-state index contributed by atoms with van der Waals surface area (Å²) in [6.07, 6.45) is 0.519. The molecule has 1 aromatic rings. The van der Waals surface area contributed by atoms with Crippen LogP contribution in [0.3, 0.4) is 0 Å². The number of anilines is 1. The summed E-state index contributed by atoms with van der Waals surface area (Å²) in [5, 5.41) is 12.3. The molecule has 0 spiro atoms. The number of nitrogens with two attached hydrogens (primary N) is 1. The van der Waals surface area contributed by atoms with Gasteiger partial charge in [0.25, 0.3) is 0 Å². The number of hydrogen-bond donors (Lipinski definition) is 3. The van der Waals surface area contributed by atoms with Crippen LogP contribution in [0.2, 0.25) is 0 Å². The van der Waals surface area contributed by atoms with E-state index in [4.69, 9.17) is 5.73 Å². The summed E-state index contributed by atoms with van der Waals surface area (Å²) in [4.78, 5) is 11.6. The highest BCUT2D eigenvalue weighted by atomic mass is 16.3. The molecule has 0 bridgehead atoms. The molecular weight excluding hydrogens is 228 g/mol. The van der Waals surface area contributed by atoms with E-state index >= 15 is 0 Å². The molecule has 0 radical (unpaired) electrons. The normalized spacial score (nSPS) is 12.4. The molecule has 0 saturated carbocycles. The van der Waals surface area contributed by atoms with E-state index < -0.39 is 6.10 Å². The van der Waals surface area contributed by atoms with Crippen LogP contribution >= 0.6 is 0 Å². The van der Waals surface area contributed by atoms with Gasteiger partial charge in [-0.05, 0) is 24.0 Å². The molecule has 0 aromatic heterocycles. The first kappa shape index (κ1) is 14.5. The summed E-state index contributed by atoms with van der Waals surface area (Å²) in [5.41, 5.74) is 7.50. The number of carbonyl (C=O) groups excluding carboxylic acids is 1. The summed E-state index contributed by atoms with van der Waals surface area (Å²) < 4.78 is 0. The van der Waals surface area contributed by atoms with Crippen molar-refractivity contribution >= 4 is 11.6 Å². The van der Waals surface area contributed by atoms with Crippen LogP contribution in [-0.4, -0.2) is 23.7 Å². The minimum Gasteiger partial charge on any atom is -0.399 e. The molecule has 1 aromatic carbocycles. The van der Waals surface area contributed by atoms with E-state index in [1.54, 1.807) is 0 Å². The van der Waals surface area contributed by atoms with Crippen molar-refractivity contribution in [2.24, 2.45) is 5.92 Å². The van der Waals surface area contributed by atoms with Gasteiger partial charge in [0, 0.05) is 18.7 Å². The summed E-state index contributed by atoms with van der Waals surface area (Å²) in [5.74, 6) is 0.0908. The number of benzene rings is 1. The largest absolute Gasteiger partial charge is 0.399 e. The van der Waals surface area contributed by atoms with Gasteiger partial charge in [-0.3, -0.25) is 4.79 Å². The summed E-state index contributed by atoms with van der Waals surface area (Å²) in [6.45, 7) is 4.14. The predicted molar refractivity (Wildman–Crippen MR) is 73.0 cm³/mol. The highest BCUT2D eigenvalue weighted by molar-refractivity contribution is 5.76. The molecule has 1 rings (SSSR count). The van der Waals surface area contributed by atoms with Crippen LogP contribution in [0.15, 0.2) is 24.3 Å². The fraction of sp³-hybridized carbons (Fsp3) is 0.500. The number of amides is 1. The second kappa shape index (κ2) is 7.01. The molecular formula is C14H22N2O2. The van der Waals surface area contributed by atoms with Gasteiger partial charge in [-0.1, -0.05) is 32.0 Å². The number of rotatable bonds is 6. The molecule has 4 nitrogen and oxygen atoms in total. The van der Waals surface area contributed by atoms with Crippen molar-refractivity contribution in [1.82, 2.24) is 5.32 Å². The number of nitrogens with one attached hydrogen (secondary N) is 1. The van der Waals surface area contributed by atoms with Crippen LogP contribution in [-0.2, 0) is 11.2 Å². The summed E-state index contributed by atoms with van der Waals surface area (Å²) >= 11 is 0.